The lowest BCUT2D eigenvalue weighted by Gasteiger charge is -2.11. The number of rotatable bonds is 7. The maximum absolute atomic E-state index is 12.5. The molecule has 0 bridgehead atoms. The number of carbonyl (C=O) groups excluding carboxylic acids is 2. The maximum atomic E-state index is 12.5. The van der Waals surface area contributed by atoms with Crippen molar-refractivity contribution in [2.75, 3.05) is 11.1 Å². The van der Waals surface area contributed by atoms with Crippen molar-refractivity contribution in [1.29, 1.82) is 0 Å². The Kier molecular flexibility index (Phi) is 6.91. The molecule has 33 heavy (non-hydrogen) atoms. The fourth-order valence-electron chi connectivity index (χ4n) is 3.19. The minimum atomic E-state index is -0.179. The molecule has 4 rings (SSSR count). The van der Waals surface area contributed by atoms with Gasteiger partial charge in [0.05, 0.1) is 5.75 Å². The number of ketones is 1. The van der Waals surface area contributed by atoms with Gasteiger partial charge in [-0.15, -0.1) is 10.2 Å². The molecule has 0 saturated heterocycles. The van der Waals surface area contributed by atoms with E-state index in [0.717, 1.165) is 16.8 Å². The van der Waals surface area contributed by atoms with E-state index in [1.165, 1.54) is 18.7 Å². The van der Waals surface area contributed by atoms with Crippen LogP contribution in [-0.2, 0) is 4.79 Å². The quantitative estimate of drug-likeness (QED) is 0.268. The fraction of sp³-hybridized carbons (Fsp3) is 0.120. The molecule has 6 nitrogen and oxygen atoms in total. The van der Waals surface area contributed by atoms with E-state index in [9.17, 15) is 9.59 Å². The Morgan fingerprint density at radius 3 is 2.24 bits per heavy atom. The zero-order valence-corrected chi connectivity index (χ0v) is 19.7. The molecule has 0 aliphatic carbocycles. The molecule has 1 aromatic heterocycles. The summed E-state index contributed by atoms with van der Waals surface area (Å²) < 4.78 is 1.93. The van der Waals surface area contributed by atoms with Gasteiger partial charge in [-0.1, -0.05) is 41.1 Å². The second-order valence-corrected chi connectivity index (χ2v) is 8.83. The third kappa shape index (κ3) is 5.50. The highest BCUT2D eigenvalue weighted by Gasteiger charge is 2.17. The molecule has 8 heteroatoms. The van der Waals surface area contributed by atoms with Crippen molar-refractivity contribution >= 4 is 40.7 Å². The molecular weight excluding hydrogens is 456 g/mol. The molecule has 0 saturated carbocycles. The van der Waals surface area contributed by atoms with E-state index in [1.807, 2.05) is 60.0 Å². The molecule has 3 aromatic carbocycles. The molecule has 166 valence electrons. The summed E-state index contributed by atoms with van der Waals surface area (Å²) in [6.45, 7) is 3.53. The van der Waals surface area contributed by atoms with Crippen molar-refractivity contribution in [2.24, 2.45) is 0 Å². The molecule has 0 atom stereocenters. The van der Waals surface area contributed by atoms with Gasteiger partial charge < -0.3 is 5.32 Å². The van der Waals surface area contributed by atoms with E-state index in [-0.39, 0.29) is 17.4 Å². The van der Waals surface area contributed by atoms with Crippen LogP contribution in [0, 0.1) is 6.92 Å². The van der Waals surface area contributed by atoms with Crippen LogP contribution in [0.25, 0.3) is 17.1 Å². The molecule has 1 N–H and O–H groups in total. The molecule has 0 aliphatic rings. The van der Waals surface area contributed by atoms with Crippen LogP contribution in [0.4, 0.5) is 5.69 Å². The molecule has 0 radical (unpaired) electrons. The molecule has 4 aromatic rings. The number of Topliss-reactive ketones (excluding diaryl/α,β-unsaturated/α-hetero) is 1. The lowest BCUT2D eigenvalue weighted by atomic mass is 10.1. The number of thioether (sulfide) groups is 1. The zero-order chi connectivity index (χ0) is 23.4. The van der Waals surface area contributed by atoms with Crippen molar-refractivity contribution in [1.82, 2.24) is 14.8 Å². The smallest absolute Gasteiger partial charge is 0.234 e. The van der Waals surface area contributed by atoms with Crippen molar-refractivity contribution in [3.63, 3.8) is 0 Å². The molecule has 1 heterocycles. The van der Waals surface area contributed by atoms with E-state index in [1.54, 1.807) is 24.3 Å². The molecule has 0 spiro atoms. The summed E-state index contributed by atoms with van der Waals surface area (Å²) in [6, 6.07) is 22.3. The standard InChI is InChI=1S/C25H21ClN4O2S/c1-16-3-13-22(14-4-16)30-24(19-5-9-20(26)10-6-19)28-29-25(30)33-15-23(32)27-21-11-7-18(8-12-21)17(2)31/h3-14H,15H2,1-2H3,(H,27,32). The SMILES string of the molecule is CC(=O)c1ccc(NC(=O)CSc2nnc(-c3ccc(Cl)cc3)n2-c2ccc(C)cc2)cc1. The summed E-state index contributed by atoms with van der Waals surface area (Å²) in [4.78, 5) is 24.0. The molecule has 0 aliphatic heterocycles. The third-order valence-corrected chi connectivity index (χ3v) is 6.12. The van der Waals surface area contributed by atoms with Gasteiger partial charge in [-0.25, -0.2) is 0 Å². The third-order valence-electron chi connectivity index (χ3n) is 4.94. The van der Waals surface area contributed by atoms with Gasteiger partial charge in [-0.3, -0.25) is 14.2 Å². The first-order chi connectivity index (χ1) is 15.9. The summed E-state index contributed by atoms with van der Waals surface area (Å²) in [5.74, 6) is 0.620. The summed E-state index contributed by atoms with van der Waals surface area (Å²) in [7, 11) is 0. The first kappa shape index (κ1) is 22.8. The molecule has 1 amide bonds. The number of halogens is 1. The van der Waals surface area contributed by atoms with Crippen LogP contribution in [0.1, 0.15) is 22.8 Å². The van der Waals surface area contributed by atoms with Crippen LogP contribution >= 0.6 is 23.4 Å². The van der Waals surface area contributed by atoms with Crippen LogP contribution in [-0.4, -0.2) is 32.2 Å². The number of amides is 1. The maximum Gasteiger partial charge on any atom is 0.234 e. The van der Waals surface area contributed by atoms with E-state index in [2.05, 4.69) is 15.5 Å². The number of nitrogens with zero attached hydrogens (tertiary/aromatic N) is 3. The number of hydrogen-bond acceptors (Lipinski definition) is 5. The van der Waals surface area contributed by atoms with Gasteiger partial charge in [0.2, 0.25) is 5.91 Å². The second kappa shape index (κ2) is 10.0. The van der Waals surface area contributed by atoms with Crippen LogP contribution in [0.3, 0.4) is 0 Å². The number of hydrogen-bond donors (Lipinski definition) is 1. The highest BCUT2D eigenvalue weighted by atomic mass is 35.5. The first-order valence-electron chi connectivity index (χ1n) is 10.2. The number of nitrogens with one attached hydrogen (secondary N) is 1. The van der Waals surface area contributed by atoms with Crippen LogP contribution in [0.15, 0.2) is 78.0 Å². The highest BCUT2D eigenvalue weighted by Crippen LogP contribution is 2.29. The minimum absolute atomic E-state index is 0.0182. The predicted octanol–water partition coefficient (Wildman–Crippen LogP) is 5.83. The molecular formula is C25H21ClN4O2S. The fourth-order valence-corrected chi connectivity index (χ4v) is 4.07. The van der Waals surface area contributed by atoms with Gasteiger partial charge in [0.15, 0.2) is 16.8 Å². The lowest BCUT2D eigenvalue weighted by Crippen LogP contribution is -2.14. The Balaban J connectivity index is 1.55. The minimum Gasteiger partial charge on any atom is -0.325 e. The highest BCUT2D eigenvalue weighted by molar-refractivity contribution is 7.99. The summed E-state index contributed by atoms with van der Waals surface area (Å²) in [6.07, 6.45) is 0. The van der Waals surface area contributed by atoms with Gasteiger partial charge in [-0.05, 0) is 74.5 Å². The zero-order valence-electron chi connectivity index (χ0n) is 18.1. The van der Waals surface area contributed by atoms with Crippen LogP contribution in [0.2, 0.25) is 5.02 Å². The van der Waals surface area contributed by atoms with E-state index in [4.69, 9.17) is 11.6 Å². The number of aryl methyl sites for hydroxylation is 1. The summed E-state index contributed by atoms with van der Waals surface area (Å²) in [5, 5.41) is 12.8. The second-order valence-electron chi connectivity index (χ2n) is 7.45. The summed E-state index contributed by atoms with van der Waals surface area (Å²) in [5.41, 5.74) is 4.15. The normalized spacial score (nSPS) is 10.8. The predicted molar refractivity (Wildman–Crippen MR) is 132 cm³/mol. The average molecular weight is 477 g/mol. The Morgan fingerprint density at radius 1 is 0.939 bits per heavy atom. The largest absolute Gasteiger partial charge is 0.325 e. The van der Waals surface area contributed by atoms with Gasteiger partial charge in [0.1, 0.15) is 0 Å². The van der Waals surface area contributed by atoms with Crippen LogP contribution < -0.4 is 5.32 Å². The number of benzene rings is 3. The van der Waals surface area contributed by atoms with Crippen molar-refractivity contribution in [3.8, 4) is 17.1 Å². The van der Waals surface area contributed by atoms with Crippen LogP contribution in [0.5, 0.6) is 0 Å². The van der Waals surface area contributed by atoms with E-state index in [0.29, 0.717) is 27.3 Å². The van der Waals surface area contributed by atoms with E-state index >= 15 is 0 Å². The number of carbonyl (C=O) groups is 2. The Bertz CT molecular complexity index is 1280. The Morgan fingerprint density at radius 2 is 1.61 bits per heavy atom. The molecule has 0 unspecified atom stereocenters. The van der Waals surface area contributed by atoms with Gasteiger partial charge in [0.25, 0.3) is 0 Å². The van der Waals surface area contributed by atoms with Gasteiger partial charge >= 0.3 is 0 Å². The topological polar surface area (TPSA) is 76.9 Å². The lowest BCUT2D eigenvalue weighted by molar-refractivity contribution is -0.113. The van der Waals surface area contributed by atoms with Crippen molar-refractivity contribution < 1.29 is 9.59 Å². The molecule has 0 fully saturated rings. The van der Waals surface area contributed by atoms with Gasteiger partial charge in [-0.2, -0.15) is 0 Å². The van der Waals surface area contributed by atoms with Gasteiger partial charge in [0, 0.05) is 27.5 Å². The Hall–Kier alpha value is -3.42. The summed E-state index contributed by atoms with van der Waals surface area (Å²) >= 11 is 7.34. The average Bonchev–Trinajstić information content (AvgIpc) is 3.23. The number of anilines is 1. The first-order valence-corrected chi connectivity index (χ1v) is 11.6. The number of aromatic nitrogens is 3. The van der Waals surface area contributed by atoms with Crippen molar-refractivity contribution in [2.45, 2.75) is 19.0 Å². The van der Waals surface area contributed by atoms with E-state index < -0.39 is 0 Å². The Labute approximate surface area is 201 Å². The van der Waals surface area contributed by atoms with Crippen molar-refractivity contribution in [3.05, 3.63) is 88.9 Å². The monoisotopic (exact) mass is 476 g/mol.